The average molecular weight is 1150 g/mol. The summed E-state index contributed by atoms with van der Waals surface area (Å²) in [5, 5.41) is 56.2. The fourth-order valence-corrected chi connectivity index (χ4v) is 7.89. The number of carboxylic acid groups (broad SMARTS) is 1. The van der Waals surface area contributed by atoms with Crippen molar-refractivity contribution in [1.29, 1.82) is 0 Å². The van der Waals surface area contributed by atoms with Crippen molar-refractivity contribution in [3.63, 3.8) is 0 Å². The van der Waals surface area contributed by atoms with E-state index in [0.29, 0.717) is 45.1 Å². The van der Waals surface area contributed by atoms with Gasteiger partial charge in [0, 0.05) is 0 Å². The van der Waals surface area contributed by atoms with E-state index in [2.05, 4.69) is 53.2 Å². The Hall–Kier alpha value is -5.78. The van der Waals surface area contributed by atoms with Gasteiger partial charge in [0.15, 0.2) is 0 Å². The summed E-state index contributed by atoms with van der Waals surface area (Å²) in [6.07, 6.45) is -2.83. The zero-order valence-corrected chi connectivity index (χ0v) is 46.8. The Morgan fingerprint density at radius 2 is 0.725 bits per heavy atom. The Morgan fingerprint density at radius 3 is 1.10 bits per heavy atom. The largest absolute Gasteiger partial charge is 0.480 e. The van der Waals surface area contributed by atoms with E-state index in [9.17, 15) is 63.3 Å². The summed E-state index contributed by atoms with van der Waals surface area (Å²) >= 11 is 0. The van der Waals surface area contributed by atoms with Crippen LogP contribution in [0.25, 0.3) is 0 Å². The Morgan fingerprint density at radius 1 is 0.400 bits per heavy atom. The van der Waals surface area contributed by atoms with Crippen molar-refractivity contribution in [2.75, 3.05) is 32.7 Å². The zero-order valence-electron chi connectivity index (χ0n) is 46.8. The third-order valence-corrected chi connectivity index (χ3v) is 12.3. The highest BCUT2D eigenvalue weighted by atomic mass is 16.4. The van der Waals surface area contributed by atoms with Crippen LogP contribution in [0.3, 0.4) is 0 Å². The molecular formula is C48H97N19O13. The number of carboxylic acids is 1. The van der Waals surface area contributed by atoms with Gasteiger partial charge in [-0.05, 0) is 136 Å². The first kappa shape index (κ1) is 74.2. The third kappa shape index (κ3) is 31.9. The Bertz CT molecular complexity index is 1920. The molecule has 32 nitrogen and oxygen atoms in total. The third-order valence-electron chi connectivity index (χ3n) is 12.3. The summed E-state index contributed by atoms with van der Waals surface area (Å²) in [5.41, 5.74) is 50.9. The van der Waals surface area contributed by atoms with Crippen molar-refractivity contribution in [3.8, 4) is 0 Å². The second kappa shape index (κ2) is 41.2. The number of rotatable bonds is 45. The lowest BCUT2D eigenvalue weighted by molar-refractivity contribution is -0.143. The number of unbranched alkanes of at least 4 members (excludes halogenated alkanes) is 3. The van der Waals surface area contributed by atoms with Gasteiger partial charge in [-0.25, -0.2) is 4.79 Å². The maximum atomic E-state index is 14.2. The fourth-order valence-electron chi connectivity index (χ4n) is 7.89. The molecule has 0 bridgehead atoms. The first-order valence-corrected chi connectivity index (χ1v) is 27.2. The van der Waals surface area contributed by atoms with E-state index in [-0.39, 0.29) is 83.5 Å². The van der Waals surface area contributed by atoms with Crippen LogP contribution in [0, 0.1) is 5.92 Å². The van der Waals surface area contributed by atoms with Gasteiger partial charge in [0.25, 0.3) is 0 Å². The number of nitrogens with two attached hydrogens (primary N) is 9. The van der Waals surface area contributed by atoms with Crippen LogP contribution in [0.1, 0.15) is 124 Å². The van der Waals surface area contributed by atoms with E-state index in [0.717, 1.165) is 6.92 Å². The molecule has 462 valence electrons. The lowest BCUT2D eigenvalue weighted by Crippen LogP contribution is -2.62. The monoisotopic (exact) mass is 1150 g/mol. The summed E-state index contributed by atoms with van der Waals surface area (Å²) in [6.45, 7) is 6.93. The van der Waals surface area contributed by atoms with Gasteiger partial charge < -0.3 is 109 Å². The van der Waals surface area contributed by atoms with E-state index in [4.69, 9.17) is 51.6 Å². The normalized spacial score (nSPS) is 15.6. The molecule has 80 heavy (non-hydrogen) atoms. The van der Waals surface area contributed by atoms with E-state index < -0.39 is 145 Å². The highest BCUT2D eigenvalue weighted by Crippen LogP contribution is 2.11. The van der Waals surface area contributed by atoms with Crippen molar-refractivity contribution in [3.05, 3.63) is 0 Å². The molecule has 0 rings (SSSR count). The first-order valence-electron chi connectivity index (χ1n) is 27.2. The average Bonchev–Trinajstić information content (AvgIpc) is 3.36. The lowest BCUT2D eigenvalue weighted by Gasteiger charge is -2.29. The number of amides is 9. The highest BCUT2D eigenvalue weighted by molar-refractivity contribution is 5.99. The van der Waals surface area contributed by atoms with Gasteiger partial charge in [-0.1, -0.05) is 20.3 Å². The summed E-state index contributed by atoms with van der Waals surface area (Å²) in [6, 6.07) is -13.3. The van der Waals surface area contributed by atoms with E-state index >= 15 is 0 Å². The zero-order chi connectivity index (χ0) is 61.1. The molecule has 0 aliphatic rings. The Kier molecular flexibility index (Phi) is 38.3. The van der Waals surface area contributed by atoms with Crippen molar-refractivity contribution < 1.29 is 63.3 Å². The fraction of sp³-hybridized carbons (Fsp3) is 0.792. The van der Waals surface area contributed by atoms with Crippen molar-refractivity contribution in [2.24, 2.45) is 57.5 Å². The first-order chi connectivity index (χ1) is 37.6. The van der Waals surface area contributed by atoms with E-state index in [1.807, 2.05) is 0 Å². The Balaban J connectivity index is 6.88. The number of hydrogen-bond acceptors (Lipinski definition) is 22. The summed E-state index contributed by atoms with van der Waals surface area (Å²) in [5.74, 6) is -10.5. The molecule has 11 atom stereocenters. The van der Waals surface area contributed by atoms with Gasteiger partial charge in [0.1, 0.15) is 60.9 Å². The molecule has 31 N–H and O–H groups in total. The van der Waals surface area contributed by atoms with E-state index in [1.165, 1.54) is 6.92 Å². The van der Waals surface area contributed by atoms with Crippen molar-refractivity contribution in [2.45, 2.75) is 203 Å². The quantitative estimate of drug-likeness (QED) is 0.0199. The van der Waals surface area contributed by atoms with Crippen molar-refractivity contribution >= 4 is 59.1 Å². The minimum Gasteiger partial charge on any atom is -0.480 e. The molecular weight excluding hydrogens is 1050 g/mol. The predicted molar refractivity (Wildman–Crippen MR) is 295 cm³/mol. The lowest BCUT2D eigenvalue weighted by atomic mass is 10.0. The SMILES string of the molecule is CC(C)C[C@H](NC(=O)[C@@H](NC(=O)[C@H](CCCNC(N)N)NC(=O)[C@H](CC(N)=O)NC(=O)[C@H](CCCNC(N)N)NC(=O)[C@H](CCCCN)NC(=O)[C@@H](N)CCCCN)C(C)O)C(=O)N[C@H](C(=O)N[C@@H](CCCCN)C(=O)O)C(C)O. The maximum Gasteiger partial charge on any atom is 0.326 e. The highest BCUT2D eigenvalue weighted by Gasteiger charge is 2.37. The van der Waals surface area contributed by atoms with Gasteiger partial charge in [0.05, 0.1) is 24.7 Å². The predicted octanol–water partition coefficient (Wildman–Crippen LogP) is -8.51. The molecule has 0 aliphatic heterocycles. The smallest absolute Gasteiger partial charge is 0.326 e. The topological polar surface area (TPSA) is 586 Å². The van der Waals surface area contributed by atoms with Gasteiger partial charge in [-0.15, -0.1) is 0 Å². The maximum absolute atomic E-state index is 14.2. The molecule has 9 amide bonds. The molecule has 0 saturated heterocycles. The molecule has 2 unspecified atom stereocenters. The second-order valence-electron chi connectivity index (χ2n) is 20.2. The van der Waals surface area contributed by atoms with Gasteiger partial charge in [0.2, 0.25) is 53.2 Å². The van der Waals surface area contributed by atoms with Crippen LogP contribution in [-0.2, 0) is 47.9 Å². The van der Waals surface area contributed by atoms with Crippen LogP contribution in [0.2, 0.25) is 0 Å². The number of primary amides is 1. The van der Waals surface area contributed by atoms with Crippen LogP contribution < -0.4 is 105 Å². The number of nitrogens with one attached hydrogen (secondary N) is 10. The molecule has 0 radical (unpaired) electrons. The van der Waals surface area contributed by atoms with Crippen LogP contribution in [0.5, 0.6) is 0 Å². The number of aliphatic carboxylic acids is 1. The van der Waals surface area contributed by atoms with Crippen LogP contribution in [0.15, 0.2) is 0 Å². The molecule has 32 heteroatoms. The van der Waals surface area contributed by atoms with Crippen LogP contribution in [-0.4, -0.2) is 186 Å². The molecule has 0 fully saturated rings. The summed E-state index contributed by atoms with van der Waals surface area (Å²) in [4.78, 5) is 135. The number of aliphatic hydroxyl groups excluding tert-OH is 2. The van der Waals surface area contributed by atoms with Gasteiger partial charge in [-0.3, -0.25) is 53.8 Å². The van der Waals surface area contributed by atoms with E-state index in [1.54, 1.807) is 13.8 Å². The summed E-state index contributed by atoms with van der Waals surface area (Å²) in [7, 11) is 0. The van der Waals surface area contributed by atoms with Crippen LogP contribution in [0.4, 0.5) is 0 Å². The van der Waals surface area contributed by atoms with Crippen molar-refractivity contribution in [1.82, 2.24) is 53.2 Å². The Labute approximate surface area is 467 Å². The number of aliphatic hydroxyl groups is 2. The summed E-state index contributed by atoms with van der Waals surface area (Å²) < 4.78 is 0. The molecule has 0 aromatic heterocycles. The molecule has 0 aromatic carbocycles. The molecule has 0 aliphatic carbocycles. The van der Waals surface area contributed by atoms with Crippen LogP contribution >= 0.6 is 0 Å². The number of carbonyl (C=O) groups excluding carboxylic acids is 9. The molecule has 0 spiro atoms. The van der Waals surface area contributed by atoms with Gasteiger partial charge in [-0.2, -0.15) is 0 Å². The molecule has 0 heterocycles. The number of hydrogen-bond donors (Lipinski definition) is 22. The minimum absolute atomic E-state index is 0.00642. The standard InChI is InChI=1S/C48H97N19O13/c1-25(2)23-33(43(76)67-36(26(3)68)44(77)63-32(46(79)80)15-7-10-20-51)65-45(78)37(27(4)69)66-41(74)31(17-12-22-59-48(56)57)62-42(75)34(24-35(53)70)64-40(73)30(16-11-21-58-47(54)55)61-39(72)29(14-6-9-19-50)60-38(71)28(52)13-5-8-18-49/h25-34,36-37,47-48,58-59,68-69H,5-24,49-52,54-57H2,1-4H3,(H2,53,70)(H,60,71)(H,61,72)(H,62,75)(H,63,77)(H,64,73)(H,65,78)(H,66,74)(H,67,76)(H,79,80)/t26?,27?,28-,29-,30-,31-,32-,33-,34-,36-,37-/m0/s1. The minimum atomic E-state index is -1.83. The second-order valence-corrected chi connectivity index (χ2v) is 20.2. The molecule has 0 saturated carbocycles. The number of carbonyl (C=O) groups is 10. The molecule has 0 aromatic rings. The van der Waals surface area contributed by atoms with Gasteiger partial charge >= 0.3 is 5.97 Å².